The van der Waals surface area contributed by atoms with Gasteiger partial charge in [-0.25, -0.2) is 0 Å². The highest BCUT2D eigenvalue weighted by Gasteiger charge is 2.39. The highest BCUT2D eigenvalue weighted by atomic mass is 15.0. The Kier molecular flexibility index (Phi) is 8.29. The van der Waals surface area contributed by atoms with E-state index in [0.717, 1.165) is 25.9 Å². The highest BCUT2D eigenvalue weighted by molar-refractivity contribution is 6.03. The van der Waals surface area contributed by atoms with Gasteiger partial charge < -0.3 is 0 Å². The van der Waals surface area contributed by atoms with Crippen molar-refractivity contribution < 1.29 is 9.13 Å². The minimum Gasteiger partial charge on any atom is -0.197 e. The van der Waals surface area contributed by atoms with Gasteiger partial charge in [-0.2, -0.15) is 9.13 Å². The molecule has 4 heterocycles. The molecule has 0 aliphatic carbocycles. The van der Waals surface area contributed by atoms with Gasteiger partial charge >= 0.3 is 0 Å². The maximum atomic E-state index is 2.56. The fourth-order valence-electron chi connectivity index (χ4n) is 8.24. The molecule has 0 radical (unpaired) electrons. The first-order valence-electron chi connectivity index (χ1n) is 17.3. The number of rotatable bonds is 11. The van der Waals surface area contributed by atoms with Crippen molar-refractivity contribution in [3.05, 3.63) is 95.3 Å². The lowest BCUT2D eigenvalue weighted by atomic mass is 9.75. The van der Waals surface area contributed by atoms with Crippen molar-refractivity contribution in [2.75, 3.05) is 0 Å². The normalized spacial score (nSPS) is 13.5. The second-order valence-electron chi connectivity index (χ2n) is 13.0. The summed E-state index contributed by atoms with van der Waals surface area (Å²) in [6.07, 6.45) is 21.6. The van der Waals surface area contributed by atoms with Crippen LogP contribution in [0.3, 0.4) is 0 Å². The van der Waals surface area contributed by atoms with Gasteiger partial charge in [-0.15, -0.1) is 0 Å². The Morgan fingerprint density at radius 2 is 1.00 bits per heavy atom. The van der Waals surface area contributed by atoms with Crippen LogP contribution in [0.4, 0.5) is 0 Å². The number of unbranched alkanes of at least 4 members (excludes halogenated alkanes) is 7. The molecule has 43 heavy (non-hydrogen) atoms. The van der Waals surface area contributed by atoms with Crippen LogP contribution in [-0.2, 0) is 38.8 Å². The summed E-state index contributed by atoms with van der Waals surface area (Å²) in [7, 11) is 0. The van der Waals surface area contributed by atoms with Gasteiger partial charge in [0.25, 0.3) is 0 Å². The van der Waals surface area contributed by atoms with Gasteiger partial charge in [0, 0.05) is 25.0 Å². The first-order chi connectivity index (χ1) is 21.3. The summed E-state index contributed by atoms with van der Waals surface area (Å²) in [6.45, 7) is 6.82. The summed E-state index contributed by atoms with van der Waals surface area (Å²) < 4.78 is 5.12. The lowest BCUT2D eigenvalue weighted by Gasteiger charge is -2.30. The molecule has 0 atom stereocenters. The minimum absolute atomic E-state index is 1.06. The molecule has 0 bridgehead atoms. The minimum atomic E-state index is 1.06. The van der Waals surface area contributed by atoms with Gasteiger partial charge in [0.15, 0.2) is 25.5 Å². The van der Waals surface area contributed by atoms with Crippen molar-refractivity contribution in [3.63, 3.8) is 0 Å². The molecule has 0 fully saturated rings. The predicted octanol–water partition coefficient (Wildman–Crippen LogP) is 9.65. The van der Waals surface area contributed by atoms with Crippen molar-refractivity contribution >= 4 is 21.5 Å². The number of benzene rings is 3. The molecule has 0 amide bonds. The zero-order valence-electron chi connectivity index (χ0n) is 26.4. The maximum Gasteiger partial charge on any atom is 0.221 e. The summed E-state index contributed by atoms with van der Waals surface area (Å²) in [5, 5.41) is 5.48. The molecule has 5 aromatic rings. The number of nitrogens with zero attached hydrogens (tertiary/aromatic N) is 2. The van der Waals surface area contributed by atoms with Gasteiger partial charge in [-0.1, -0.05) is 102 Å². The third kappa shape index (κ3) is 5.17. The molecule has 220 valence electrons. The van der Waals surface area contributed by atoms with Crippen molar-refractivity contribution in [2.45, 2.75) is 110 Å². The number of aryl methyl sites for hydroxylation is 2. The molecule has 3 aromatic carbocycles. The Labute approximate surface area is 258 Å². The zero-order valence-corrected chi connectivity index (χ0v) is 26.4. The Bertz CT molecular complexity index is 1780. The summed E-state index contributed by atoms with van der Waals surface area (Å²) in [4.78, 5) is 0. The Hall–Kier alpha value is -3.52. The van der Waals surface area contributed by atoms with Gasteiger partial charge in [-0.05, 0) is 64.4 Å². The molecule has 2 heteroatoms. The number of hydrogen-bond donors (Lipinski definition) is 0. The van der Waals surface area contributed by atoms with E-state index in [1.165, 1.54) is 115 Å². The second kappa shape index (κ2) is 12.6. The Morgan fingerprint density at radius 3 is 1.53 bits per heavy atom. The first-order valence-corrected chi connectivity index (χ1v) is 17.3. The molecule has 0 N–H and O–H groups in total. The highest BCUT2D eigenvalue weighted by Crippen LogP contribution is 2.47. The van der Waals surface area contributed by atoms with Crippen molar-refractivity contribution in [2.24, 2.45) is 0 Å². The van der Waals surface area contributed by atoms with E-state index < -0.39 is 0 Å². The van der Waals surface area contributed by atoms with E-state index in [0.29, 0.717) is 0 Å². The van der Waals surface area contributed by atoms with E-state index in [1.54, 1.807) is 22.3 Å². The molecular formula is C41H48N2+2. The van der Waals surface area contributed by atoms with E-state index in [-0.39, 0.29) is 0 Å². The van der Waals surface area contributed by atoms with Crippen LogP contribution in [0.2, 0.25) is 0 Å². The molecule has 2 aliphatic heterocycles. The predicted molar refractivity (Wildman–Crippen MR) is 180 cm³/mol. The Morgan fingerprint density at radius 1 is 0.512 bits per heavy atom. The van der Waals surface area contributed by atoms with Crippen LogP contribution in [0.25, 0.3) is 44.1 Å². The molecule has 2 nitrogen and oxygen atoms in total. The lowest BCUT2D eigenvalue weighted by Crippen LogP contribution is -2.44. The van der Waals surface area contributed by atoms with E-state index in [4.69, 9.17) is 0 Å². The fourth-order valence-corrected chi connectivity index (χ4v) is 8.24. The summed E-state index contributed by atoms with van der Waals surface area (Å²) >= 11 is 0. The van der Waals surface area contributed by atoms with E-state index >= 15 is 0 Å². The van der Waals surface area contributed by atoms with E-state index in [2.05, 4.69) is 96.0 Å². The third-order valence-corrected chi connectivity index (χ3v) is 10.3. The largest absolute Gasteiger partial charge is 0.221 e. The summed E-state index contributed by atoms with van der Waals surface area (Å²) in [5.74, 6) is 0. The molecule has 0 unspecified atom stereocenters. The number of fused-ring (bicyclic) bond motifs is 11. The maximum absolute atomic E-state index is 2.56. The van der Waals surface area contributed by atoms with Gasteiger partial charge in [0.05, 0.1) is 21.9 Å². The number of pyridine rings is 2. The lowest BCUT2D eigenvalue weighted by molar-refractivity contribution is -0.688. The summed E-state index contributed by atoms with van der Waals surface area (Å²) in [5.41, 5.74) is 12.7. The molecular weight excluding hydrogens is 520 g/mol. The smallest absolute Gasteiger partial charge is 0.197 e. The standard InChI is InChI=1S/C41H48N2/c1-3-5-6-7-8-9-10-11-21-35-34(16-4-2)36-24-28-42-26-22-30-17-12-14-19-32(30)40(42)38(36)39-37(35)25-29-43-27-23-31-18-13-15-20-33(31)41(39)43/h12-15,17-20,22-23,26-27H,3-11,16,21,24-25,28-29H2,1-2H3/q+2. The van der Waals surface area contributed by atoms with Crippen LogP contribution in [0, 0.1) is 0 Å². The van der Waals surface area contributed by atoms with Crippen molar-refractivity contribution in [1.29, 1.82) is 0 Å². The third-order valence-electron chi connectivity index (χ3n) is 10.3. The first kappa shape index (κ1) is 28.3. The number of hydrogen-bond acceptors (Lipinski definition) is 0. The van der Waals surface area contributed by atoms with Crippen LogP contribution in [-0.4, -0.2) is 0 Å². The summed E-state index contributed by atoms with van der Waals surface area (Å²) in [6, 6.07) is 22.8. The average molecular weight is 569 g/mol. The van der Waals surface area contributed by atoms with Gasteiger partial charge in [0.2, 0.25) is 11.4 Å². The monoisotopic (exact) mass is 568 g/mol. The van der Waals surface area contributed by atoms with Crippen molar-refractivity contribution in [1.82, 2.24) is 0 Å². The molecule has 0 spiro atoms. The van der Waals surface area contributed by atoms with Gasteiger partial charge in [-0.3, -0.25) is 0 Å². The van der Waals surface area contributed by atoms with Gasteiger partial charge in [0.1, 0.15) is 0 Å². The van der Waals surface area contributed by atoms with E-state index in [1.807, 2.05) is 0 Å². The molecule has 7 rings (SSSR count). The topological polar surface area (TPSA) is 7.76 Å². The molecule has 2 aliphatic rings. The fraction of sp³-hybridized carbons (Fsp3) is 0.415. The van der Waals surface area contributed by atoms with E-state index in [9.17, 15) is 0 Å². The van der Waals surface area contributed by atoms with Crippen LogP contribution in [0.1, 0.15) is 93.9 Å². The Balaban J connectivity index is 1.43. The van der Waals surface area contributed by atoms with Crippen LogP contribution in [0.5, 0.6) is 0 Å². The quantitative estimate of drug-likeness (QED) is 0.111. The molecule has 2 aromatic heterocycles. The molecule has 0 saturated carbocycles. The van der Waals surface area contributed by atoms with Crippen LogP contribution in [0.15, 0.2) is 73.1 Å². The number of aromatic nitrogens is 2. The molecule has 0 saturated heterocycles. The van der Waals surface area contributed by atoms with Crippen LogP contribution >= 0.6 is 0 Å². The zero-order chi connectivity index (χ0) is 29.2. The van der Waals surface area contributed by atoms with Crippen molar-refractivity contribution in [3.8, 4) is 22.5 Å². The average Bonchev–Trinajstić information content (AvgIpc) is 3.06. The van der Waals surface area contributed by atoms with Crippen LogP contribution < -0.4 is 9.13 Å². The SMILES string of the molecule is CCCCCCCCCCc1c(CCC)c2c(c3c1CC[n+]1ccc4ccccc4c1-3)-c1c3ccccc3cc[n+]1CC2. The second-order valence-corrected chi connectivity index (χ2v) is 13.0.